The highest BCUT2D eigenvalue weighted by Crippen LogP contribution is 2.42. The van der Waals surface area contributed by atoms with Crippen LogP contribution in [0.5, 0.6) is 0 Å². The molecule has 0 radical (unpaired) electrons. The van der Waals surface area contributed by atoms with E-state index in [9.17, 15) is 9.59 Å². The van der Waals surface area contributed by atoms with Crippen LogP contribution < -0.4 is 5.32 Å². The Balaban J connectivity index is 1.19. The van der Waals surface area contributed by atoms with E-state index in [1.807, 2.05) is 52.0 Å². The molecule has 0 aliphatic carbocycles. The normalized spacial score (nSPS) is 30.3. The van der Waals surface area contributed by atoms with Crippen LogP contribution in [0.15, 0.2) is 28.6 Å². The summed E-state index contributed by atoms with van der Waals surface area (Å²) in [6, 6.07) is 6.73. The maximum atomic E-state index is 12.7. The lowest BCUT2D eigenvalue weighted by atomic mass is 10.1. The summed E-state index contributed by atoms with van der Waals surface area (Å²) >= 11 is 2.81. The fourth-order valence-corrected chi connectivity index (χ4v) is 6.56. The molecule has 1 aromatic heterocycles. The number of methoxy groups -OCH3 is 1. The summed E-state index contributed by atoms with van der Waals surface area (Å²) in [5, 5.41) is 2.69. The number of aromatic nitrogens is 1. The largest absolute Gasteiger partial charge is 0.467 e. The number of fused-ring (bicyclic) bond motifs is 2. The van der Waals surface area contributed by atoms with Gasteiger partial charge in [-0.15, -0.1) is 11.3 Å². The van der Waals surface area contributed by atoms with Crippen LogP contribution in [0.2, 0.25) is 0 Å². The molecule has 1 amide bonds. The molecule has 1 N–H and O–H groups in total. The van der Waals surface area contributed by atoms with E-state index in [4.69, 9.17) is 33.2 Å². The fraction of sp³-hybridized carbons (Fsp3) is 0.640. The molecule has 13 heteroatoms. The Bertz CT molecular complexity index is 1140. The first kappa shape index (κ1) is 27.7. The van der Waals surface area contributed by atoms with Crippen molar-refractivity contribution in [2.45, 2.75) is 80.4 Å². The zero-order valence-corrected chi connectivity index (χ0v) is 23.5. The Labute approximate surface area is 228 Å². The van der Waals surface area contributed by atoms with Crippen molar-refractivity contribution < 1.29 is 42.7 Å². The molecule has 3 aliphatic rings. The number of carbonyl (C=O) groups excluding carboxylic acids is 2. The van der Waals surface area contributed by atoms with Gasteiger partial charge in [0.1, 0.15) is 24.4 Å². The fourth-order valence-electron chi connectivity index (χ4n) is 4.68. The quantitative estimate of drug-likeness (QED) is 0.354. The standard InChI is InChI=1S/C25H32N2O9S2/c1-24(2)32-11-15(34-24)18-19-20(36-25(3,4)35-19)22(33-18)31-10-14(21(29)30-5)26-17(28)12-37-23-27-13-8-6-7-9-16(13)38-23/h6-9,14-15,18-20,22H,10-12H2,1-5H3,(H,26,28)/t14?,15-,18-,19+,20+,22+/m1/s1. The van der Waals surface area contributed by atoms with E-state index in [2.05, 4.69) is 10.3 Å². The third-order valence-corrected chi connectivity index (χ3v) is 8.47. The first-order valence-electron chi connectivity index (χ1n) is 12.3. The second kappa shape index (κ2) is 11.0. The lowest BCUT2D eigenvalue weighted by molar-refractivity contribution is -0.248. The lowest BCUT2D eigenvalue weighted by Gasteiger charge is -2.27. The molecule has 0 bridgehead atoms. The van der Waals surface area contributed by atoms with Crippen molar-refractivity contribution in [2.75, 3.05) is 26.1 Å². The van der Waals surface area contributed by atoms with Crippen LogP contribution in [0, 0.1) is 0 Å². The minimum Gasteiger partial charge on any atom is -0.467 e. The number of esters is 1. The van der Waals surface area contributed by atoms with Gasteiger partial charge >= 0.3 is 5.97 Å². The molecule has 4 heterocycles. The molecule has 2 aromatic rings. The molecular formula is C25H32N2O9S2. The van der Waals surface area contributed by atoms with E-state index in [0.717, 1.165) is 14.6 Å². The summed E-state index contributed by atoms with van der Waals surface area (Å²) in [6.45, 7) is 7.46. The highest BCUT2D eigenvalue weighted by atomic mass is 32.2. The van der Waals surface area contributed by atoms with Gasteiger partial charge in [-0.2, -0.15) is 0 Å². The minimum atomic E-state index is -1.04. The molecule has 0 saturated carbocycles. The number of para-hydroxylation sites is 1. The average Bonchev–Trinajstić information content (AvgIpc) is 3.60. The number of carbonyl (C=O) groups is 2. The Kier molecular flexibility index (Phi) is 8.00. The zero-order valence-electron chi connectivity index (χ0n) is 21.8. The van der Waals surface area contributed by atoms with Crippen LogP contribution in [0.25, 0.3) is 10.2 Å². The number of hydrogen-bond donors (Lipinski definition) is 1. The van der Waals surface area contributed by atoms with E-state index in [-0.39, 0.29) is 24.4 Å². The van der Waals surface area contributed by atoms with Gasteiger partial charge in [-0.3, -0.25) is 4.79 Å². The van der Waals surface area contributed by atoms with E-state index < -0.39 is 48.2 Å². The van der Waals surface area contributed by atoms with Crippen molar-refractivity contribution in [3.8, 4) is 0 Å². The molecule has 1 unspecified atom stereocenters. The monoisotopic (exact) mass is 568 g/mol. The van der Waals surface area contributed by atoms with Crippen LogP contribution in [0.4, 0.5) is 0 Å². The Morgan fingerprint density at radius 2 is 1.89 bits per heavy atom. The average molecular weight is 569 g/mol. The van der Waals surface area contributed by atoms with Crippen molar-refractivity contribution in [3.63, 3.8) is 0 Å². The van der Waals surface area contributed by atoms with Crippen LogP contribution in [-0.4, -0.2) is 91.3 Å². The van der Waals surface area contributed by atoms with Gasteiger partial charge < -0.3 is 38.5 Å². The third-order valence-electron chi connectivity index (χ3n) is 6.29. The van der Waals surface area contributed by atoms with Gasteiger partial charge in [-0.25, -0.2) is 9.78 Å². The number of thiazole rings is 1. The molecule has 208 valence electrons. The van der Waals surface area contributed by atoms with Gasteiger partial charge in [0.25, 0.3) is 0 Å². The van der Waals surface area contributed by atoms with Crippen LogP contribution >= 0.6 is 23.1 Å². The van der Waals surface area contributed by atoms with Gasteiger partial charge in [-0.1, -0.05) is 23.9 Å². The second-order valence-corrected chi connectivity index (χ2v) is 12.4. The second-order valence-electron chi connectivity index (χ2n) is 10.1. The Hall–Kier alpha value is -1.84. The Morgan fingerprint density at radius 3 is 2.61 bits per heavy atom. The van der Waals surface area contributed by atoms with Crippen LogP contribution in [0.3, 0.4) is 0 Å². The number of rotatable bonds is 9. The van der Waals surface area contributed by atoms with E-state index in [0.29, 0.717) is 6.61 Å². The number of benzene rings is 1. The van der Waals surface area contributed by atoms with Crippen molar-refractivity contribution in [3.05, 3.63) is 24.3 Å². The summed E-state index contributed by atoms with van der Waals surface area (Å²) in [5.41, 5.74) is 0.883. The number of thioether (sulfide) groups is 1. The van der Waals surface area contributed by atoms with E-state index >= 15 is 0 Å². The van der Waals surface area contributed by atoms with Crippen LogP contribution in [0.1, 0.15) is 27.7 Å². The van der Waals surface area contributed by atoms with Crippen molar-refractivity contribution in [2.24, 2.45) is 0 Å². The summed E-state index contributed by atoms with van der Waals surface area (Å²) in [4.78, 5) is 29.7. The first-order chi connectivity index (χ1) is 18.0. The predicted molar refractivity (Wildman–Crippen MR) is 138 cm³/mol. The third kappa shape index (κ3) is 6.15. The molecule has 0 spiro atoms. The van der Waals surface area contributed by atoms with Crippen LogP contribution in [-0.2, 0) is 42.7 Å². The molecule has 6 atom stereocenters. The zero-order chi connectivity index (χ0) is 27.1. The van der Waals surface area contributed by atoms with Crippen molar-refractivity contribution >= 4 is 45.2 Å². The maximum Gasteiger partial charge on any atom is 0.330 e. The molecule has 11 nitrogen and oxygen atoms in total. The molecule has 5 rings (SSSR count). The summed E-state index contributed by atoms with van der Waals surface area (Å²) < 4.78 is 42.7. The first-order valence-corrected chi connectivity index (χ1v) is 14.1. The Morgan fingerprint density at radius 1 is 1.13 bits per heavy atom. The van der Waals surface area contributed by atoms with Gasteiger partial charge in [-0.05, 0) is 39.8 Å². The highest BCUT2D eigenvalue weighted by Gasteiger charge is 2.59. The number of hydrogen-bond acceptors (Lipinski definition) is 12. The van der Waals surface area contributed by atoms with Gasteiger partial charge in [0, 0.05) is 0 Å². The number of nitrogens with zero attached hydrogens (tertiary/aromatic N) is 1. The highest BCUT2D eigenvalue weighted by molar-refractivity contribution is 8.01. The maximum absolute atomic E-state index is 12.7. The number of ether oxygens (including phenoxy) is 7. The lowest BCUT2D eigenvalue weighted by Crippen LogP contribution is -2.47. The van der Waals surface area contributed by atoms with Crippen molar-refractivity contribution in [1.82, 2.24) is 10.3 Å². The van der Waals surface area contributed by atoms with Gasteiger partial charge in [0.05, 0.1) is 36.3 Å². The molecular weight excluding hydrogens is 536 g/mol. The van der Waals surface area contributed by atoms with E-state index in [1.165, 1.54) is 30.2 Å². The molecule has 3 fully saturated rings. The predicted octanol–water partition coefficient (Wildman–Crippen LogP) is 2.46. The molecule has 1 aromatic carbocycles. The SMILES string of the molecule is COC(=O)C(CO[C@H]1O[C@H]([C@H]2COC(C)(C)O2)[C@@H]2OC(C)(C)O[C@H]12)NC(=O)CSc1nc2ccccc2s1. The van der Waals surface area contributed by atoms with Gasteiger partial charge in [0.2, 0.25) is 5.91 Å². The number of amides is 1. The summed E-state index contributed by atoms with van der Waals surface area (Å²) in [7, 11) is 1.26. The van der Waals surface area contributed by atoms with E-state index in [1.54, 1.807) is 0 Å². The summed E-state index contributed by atoms with van der Waals surface area (Å²) in [6.07, 6.45) is -2.72. The minimum absolute atomic E-state index is 0.0833. The number of nitrogens with one attached hydrogen (secondary N) is 1. The van der Waals surface area contributed by atoms with Crippen molar-refractivity contribution in [1.29, 1.82) is 0 Å². The molecule has 3 aliphatic heterocycles. The molecule has 38 heavy (non-hydrogen) atoms. The smallest absolute Gasteiger partial charge is 0.330 e. The topological polar surface area (TPSA) is 124 Å². The van der Waals surface area contributed by atoms with Gasteiger partial charge in [0.15, 0.2) is 28.2 Å². The summed E-state index contributed by atoms with van der Waals surface area (Å²) in [5.74, 6) is -2.48. The molecule has 3 saturated heterocycles.